The highest BCUT2D eigenvalue weighted by molar-refractivity contribution is 5.74. The highest BCUT2D eigenvalue weighted by atomic mass is 16.2. The molecule has 1 aliphatic rings. The molecule has 1 unspecified atom stereocenters. The minimum Gasteiger partial charge on any atom is -0.338 e. The molecule has 1 aliphatic heterocycles. The molecule has 1 N–H and O–H groups in total. The summed E-state index contributed by atoms with van der Waals surface area (Å²) < 4.78 is 0. The number of pyridine rings is 1. The standard InChI is InChI=1S/C23H32N4O/c1-18(2)26-13-12-21(16-26)14-24-23(28)27(15-20-9-5-4-6-10-20)17-22-11-7-8-19(3)25-22/h4-11,18,21H,12-17H2,1-3H3,(H,24,28). The number of hydrogen-bond donors (Lipinski definition) is 1. The van der Waals surface area contributed by atoms with Crippen LogP contribution in [-0.4, -0.2) is 46.5 Å². The Morgan fingerprint density at radius 3 is 2.64 bits per heavy atom. The number of rotatable bonds is 7. The van der Waals surface area contributed by atoms with Gasteiger partial charge in [0, 0.05) is 31.4 Å². The molecule has 0 radical (unpaired) electrons. The highest BCUT2D eigenvalue weighted by Gasteiger charge is 2.25. The molecule has 0 bridgehead atoms. The van der Waals surface area contributed by atoms with Crippen molar-refractivity contribution < 1.29 is 4.79 Å². The average molecular weight is 381 g/mol. The average Bonchev–Trinajstić information content (AvgIpc) is 3.16. The van der Waals surface area contributed by atoms with E-state index >= 15 is 0 Å². The molecule has 5 heteroatoms. The predicted molar refractivity (Wildman–Crippen MR) is 113 cm³/mol. The lowest BCUT2D eigenvalue weighted by Crippen LogP contribution is -2.41. The summed E-state index contributed by atoms with van der Waals surface area (Å²) in [4.78, 5) is 21.9. The number of nitrogens with zero attached hydrogens (tertiary/aromatic N) is 3. The molecular formula is C23H32N4O. The summed E-state index contributed by atoms with van der Waals surface area (Å²) in [6.45, 7) is 10.4. The number of amides is 2. The van der Waals surface area contributed by atoms with E-state index in [0.29, 0.717) is 25.0 Å². The van der Waals surface area contributed by atoms with Crippen molar-refractivity contribution in [3.63, 3.8) is 0 Å². The van der Waals surface area contributed by atoms with Crippen LogP contribution in [0.5, 0.6) is 0 Å². The zero-order valence-electron chi connectivity index (χ0n) is 17.3. The fourth-order valence-electron chi connectivity index (χ4n) is 3.73. The molecule has 1 saturated heterocycles. The van der Waals surface area contributed by atoms with Gasteiger partial charge < -0.3 is 15.1 Å². The number of nitrogens with one attached hydrogen (secondary N) is 1. The molecule has 1 fully saturated rings. The Bertz CT molecular complexity index is 762. The van der Waals surface area contributed by atoms with Gasteiger partial charge in [0.1, 0.15) is 0 Å². The molecule has 0 aliphatic carbocycles. The maximum atomic E-state index is 13.0. The van der Waals surface area contributed by atoms with Crippen molar-refractivity contribution in [1.29, 1.82) is 0 Å². The molecule has 2 aromatic rings. The fraction of sp³-hybridized carbons (Fsp3) is 0.478. The minimum absolute atomic E-state index is 0.0184. The zero-order chi connectivity index (χ0) is 19.9. The lowest BCUT2D eigenvalue weighted by atomic mass is 10.1. The van der Waals surface area contributed by atoms with Gasteiger partial charge in [-0.2, -0.15) is 0 Å². The summed E-state index contributed by atoms with van der Waals surface area (Å²) in [7, 11) is 0. The number of likely N-dealkylation sites (tertiary alicyclic amines) is 1. The van der Waals surface area contributed by atoms with Crippen molar-refractivity contribution >= 4 is 6.03 Å². The van der Waals surface area contributed by atoms with Crippen molar-refractivity contribution in [3.05, 3.63) is 65.5 Å². The van der Waals surface area contributed by atoms with Crippen LogP contribution in [0.4, 0.5) is 4.79 Å². The van der Waals surface area contributed by atoms with Crippen LogP contribution < -0.4 is 5.32 Å². The monoisotopic (exact) mass is 380 g/mol. The molecule has 1 aromatic carbocycles. The van der Waals surface area contributed by atoms with Crippen LogP contribution in [0.25, 0.3) is 0 Å². The van der Waals surface area contributed by atoms with Gasteiger partial charge in [-0.25, -0.2) is 4.79 Å². The molecule has 3 rings (SSSR count). The van der Waals surface area contributed by atoms with Crippen LogP contribution >= 0.6 is 0 Å². The second-order valence-electron chi connectivity index (χ2n) is 8.04. The maximum absolute atomic E-state index is 13.0. The van der Waals surface area contributed by atoms with E-state index in [4.69, 9.17) is 0 Å². The van der Waals surface area contributed by atoms with Crippen LogP contribution in [-0.2, 0) is 13.1 Å². The van der Waals surface area contributed by atoms with Crippen LogP contribution in [0.2, 0.25) is 0 Å². The summed E-state index contributed by atoms with van der Waals surface area (Å²) in [6.07, 6.45) is 1.15. The lowest BCUT2D eigenvalue weighted by Gasteiger charge is -2.24. The first-order valence-electron chi connectivity index (χ1n) is 10.2. The van der Waals surface area contributed by atoms with E-state index in [-0.39, 0.29) is 6.03 Å². The zero-order valence-corrected chi connectivity index (χ0v) is 17.3. The first kappa shape index (κ1) is 20.3. The van der Waals surface area contributed by atoms with Crippen LogP contribution in [0.3, 0.4) is 0 Å². The van der Waals surface area contributed by atoms with Gasteiger partial charge in [0.25, 0.3) is 0 Å². The molecule has 150 valence electrons. The van der Waals surface area contributed by atoms with Gasteiger partial charge in [0.15, 0.2) is 0 Å². The van der Waals surface area contributed by atoms with Gasteiger partial charge in [0.2, 0.25) is 0 Å². The highest BCUT2D eigenvalue weighted by Crippen LogP contribution is 2.18. The summed E-state index contributed by atoms with van der Waals surface area (Å²) in [5.74, 6) is 0.530. The molecular weight excluding hydrogens is 348 g/mol. The Labute approximate surface area is 168 Å². The van der Waals surface area contributed by atoms with Gasteiger partial charge in [-0.3, -0.25) is 4.98 Å². The normalized spacial score (nSPS) is 17.1. The Morgan fingerprint density at radius 1 is 1.18 bits per heavy atom. The molecule has 1 aromatic heterocycles. The Balaban J connectivity index is 1.62. The molecule has 0 spiro atoms. The van der Waals surface area contributed by atoms with Gasteiger partial charge in [-0.1, -0.05) is 36.4 Å². The van der Waals surface area contributed by atoms with Crippen molar-refractivity contribution in [2.45, 2.75) is 46.3 Å². The van der Waals surface area contributed by atoms with Crippen LogP contribution in [0, 0.1) is 12.8 Å². The van der Waals surface area contributed by atoms with Gasteiger partial charge in [0.05, 0.1) is 12.2 Å². The smallest absolute Gasteiger partial charge is 0.318 e. The number of aryl methyl sites for hydroxylation is 1. The third kappa shape index (κ3) is 5.80. The molecule has 2 heterocycles. The van der Waals surface area contributed by atoms with Gasteiger partial charge in [-0.15, -0.1) is 0 Å². The van der Waals surface area contributed by atoms with E-state index in [1.807, 2.05) is 48.2 Å². The lowest BCUT2D eigenvalue weighted by molar-refractivity contribution is 0.189. The molecule has 5 nitrogen and oxygen atoms in total. The second-order valence-corrected chi connectivity index (χ2v) is 8.04. The molecule has 2 amide bonds. The summed E-state index contributed by atoms with van der Waals surface area (Å²) >= 11 is 0. The third-order valence-electron chi connectivity index (χ3n) is 5.39. The summed E-state index contributed by atoms with van der Waals surface area (Å²) in [5, 5.41) is 3.17. The Kier molecular flexibility index (Phi) is 7.04. The molecule has 1 atom stereocenters. The fourth-order valence-corrected chi connectivity index (χ4v) is 3.73. The van der Waals surface area contributed by atoms with Crippen molar-refractivity contribution in [2.75, 3.05) is 19.6 Å². The number of aromatic nitrogens is 1. The number of carbonyl (C=O) groups is 1. The predicted octanol–water partition coefficient (Wildman–Crippen LogP) is 3.83. The Hall–Kier alpha value is -2.40. The maximum Gasteiger partial charge on any atom is 0.318 e. The van der Waals surface area contributed by atoms with Crippen LogP contribution in [0.15, 0.2) is 48.5 Å². The SMILES string of the molecule is Cc1cccc(CN(Cc2ccccc2)C(=O)NCC2CCN(C(C)C)C2)n1. The van der Waals surface area contributed by atoms with Gasteiger partial charge in [-0.05, 0) is 57.4 Å². The first-order valence-corrected chi connectivity index (χ1v) is 10.2. The van der Waals surface area contributed by atoms with Crippen molar-refractivity contribution in [3.8, 4) is 0 Å². The number of carbonyl (C=O) groups excluding carboxylic acids is 1. The summed E-state index contributed by atoms with van der Waals surface area (Å²) in [5.41, 5.74) is 3.01. The number of benzene rings is 1. The summed E-state index contributed by atoms with van der Waals surface area (Å²) in [6, 6.07) is 16.6. The molecule has 0 saturated carbocycles. The van der Waals surface area contributed by atoms with Gasteiger partial charge >= 0.3 is 6.03 Å². The van der Waals surface area contributed by atoms with E-state index in [2.05, 4.69) is 41.2 Å². The van der Waals surface area contributed by atoms with Crippen molar-refractivity contribution in [2.24, 2.45) is 5.92 Å². The number of urea groups is 1. The quantitative estimate of drug-likeness (QED) is 0.794. The van der Waals surface area contributed by atoms with E-state index in [1.54, 1.807) is 0 Å². The van der Waals surface area contributed by atoms with E-state index < -0.39 is 0 Å². The largest absolute Gasteiger partial charge is 0.338 e. The minimum atomic E-state index is -0.0184. The third-order valence-corrected chi connectivity index (χ3v) is 5.39. The molecule has 28 heavy (non-hydrogen) atoms. The first-order chi connectivity index (χ1) is 13.5. The van der Waals surface area contributed by atoms with E-state index in [9.17, 15) is 4.79 Å². The Morgan fingerprint density at radius 2 is 1.96 bits per heavy atom. The number of hydrogen-bond acceptors (Lipinski definition) is 3. The topological polar surface area (TPSA) is 48.5 Å². The van der Waals surface area contributed by atoms with Crippen molar-refractivity contribution in [1.82, 2.24) is 20.1 Å². The second kappa shape index (κ2) is 9.69. The van der Waals surface area contributed by atoms with E-state index in [0.717, 1.165) is 43.0 Å². The van der Waals surface area contributed by atoms with E-state index in [1.165, 1.54) is 0 Å². The van der Waals surface area contributed by atoms with Crippen LogP contribution in [0.1, 0.15) is 37.2 Å².